The van der Waals surface area contributed by atoms with Crippen molar-refractivity contribution in [3.05, 3.63) is 105 Å². The van der Waals surface area contributed by atoms with Crippen LogP contribution < -0.4 is 5.01 Å². The fourth-order valence-electron chi connectivity index (χ4n) is 2.95. The summed E-state index contributed by atoms with van der Waals surface area (Å²) in [6.07, 6.45) is 0. The summed E-state index contributed by atoms with van der Waals surface area (Å²) in [6.45, 7) is 1.92. The van der Waals surface area contributed by atoms with Crippen molar-refractivity contribution in [3.8, 4) is 11.3 Å². The Kier molecular flexibility index (Phi) is 6.06. The molecule has 8 heteroatoms. The normalized spacial score (nSPS) is 11.4. The molecule has 4 aromatic rings. The van der Waals surface area contributed by atoms with E-state index in [4.69, 9.17) is 21.7 Å². The number of hydrogen-bond donors (Lipinski definition) is 0. The Hall–Kier alpha value is -3.55. The average molecular weight is 449 g/mol. The largest absolute Gasteiger partial charge is 0.270 e. The second-order valence-electron chi connectivity index (χ2n) is 6.66. The van der Waals surface area contributed by atoms with Crippen molar-refractivity contribution in [2.24, 2.45) is 5.10 Å². The summed E-state index contributed by atoms with van der Waals surface area (Å²) in [7, 11) is 0. The van der Waals surface area contributed by atoms with E-state index < -0.39 is 4.92 Å². The van der Waals surface area contributed by atoms with Gasteiger partial charge in [-0.1, -0.05) is 54.1 Å². The first-order chi connectivity index (χ1) is 15.0. The first-order valence-corrected chi connectivity index (χ1v) is 10.6. The van der Waals surface area contributed by atoms with Gasteiger partial charge in [-0.3, -0.25) is 10.1 Å². The third kappa shape index (κ3) is 4.79. The summed E-state index contributed by atoms with van der Waals surface area (Å²) in [4.78, 5) is 15.4. The van der Waals surface area contributed by atoms with Crippen molar-refractivity contribution in [1.82, 2.24) is 4.98 Å². The van der Waals surface area contributed by atoms with Gasteiger partial charge in [0.2, 0.25) is 5.13 Å². The smallest absolute Gasteiger partial charge is 0.258 e. The minimum atomic E-state index is -0.410. The number of hydrazone groups is 1. The van der Waals surface area contributed by atoms with Gasteiger partial charge in [0.1, 0.15) is 0 Å². The molecule has 0 aliphatic carbocycles. The molecule has 0 radical (unpaired) electrons. The maximum Gasteiger partial charge on any atom is 0.270 e. The molecule has 4 rings (SSSR count). The van der Waals surface area contributed by atoms with Crippen LogP contribution >= 0.6 is 22.9 Å². The minimum Gasteiger partial charge on any atom is -0.258 e. The number of thiazole rings is 1. The lowest BCUT2D eigenvalue weighted by molar-refractivity contribution is -0.384. The number of rotatable bonds is 6. The molecule has 1 aromatic heterocycles. The van der Waals surface area contributed by atoms with Crippen LogP contribution in [0.1, 0.15) is 12.5 Å². The fraction of sp³-hybridized carbons (Fsp3) is 0.0435. The molecule has 0 unspecified atom stereocenters. The molecule has 0 aliphatic rings. The zero-order chi connectivity index (χ0) is 21.8. The number of hydrogen-bond acceptors (Lipinski definition) is 6. The summed E-state index contributed by atoms with van der Waals surface area (Å²) >= 11 is 7.42. The van der Waals surface area contributed by atoms with Gasteiger partial charge in [-0.15, -0.1) is 11.3 Å². The van der Waals surface area contributed by atoms with Crippen molar-refractivity contribution in [3.63, 3.8) is 0 Å². The Morgan fingerprint density at radius 1 is 1.06 bits per heavy atom. The molecule has 0 fully saturated rings. The van der Waals surface area contributed by atoms with E-state index in [0.29, 0.717) is 21.4 Å². The maximum absolute atomic E-state index is 11.1. The lowest BCUT2D eigenvalue weighted by Gasteiger charge is -2.17. The highest BCUT2D eigenvalue weighted by atomic mass is 35.5. The van der Waals surface area contributed by atoms with Gasteiger partial charge in [-0.2, -0.15) is 5.10 Å². The molecule has 0 N–H and O–H groups in total. The highest BCUT2D eigenvalue weighted by molar-refractivity contribution is 7.14. The molecule has 31 heavy (non-hydrogen) atoms. The fourth-order valence-corrected chi connectivity index (χ4v) is 3.88. The zero-order valence-electron chi connectivity index (χ0n) is 16.5. The molecular weight excluding hydrogens is 432 g/mol. The van der Waals surface area contributed by atoms with Crippen molar-refractivity contribution >= 4 is 45.2 Å². The lowest BCUT2D eigenvalue weighted by atomic mass is 10.1. The van der Waals surface area contributed by atoms with E-state index in [1.807, 2.05) is 66.9 Å². The third-order valence-electron chi connectivity index (χ3n) is 4.54. The Morgan fingerprint density at radius 2 is 1.81 bits per heavy atom. The standard InChI is InChI=1S/C23H17ClN4O2S/c1-16(17-10-12-19(24)13-11-17)26-27(20-7-3-2-4-8-20)23-25-22(15-31-23)18-6-5-9-21(14-18)28(29)30/h2-15H,1H3/b26-16-. The van der Waals surface area contributed by atoms with Gasteiger partial charge < -0.3 is 0 Å². The number of anilines is 2. The quantitative estimate of drug-likeness (QED) is 0.182. The van der Waals surface area contributed by atoms with Gasteiger partial charge in [-0.25, -0.2) is 9.99 Å². The SMILES string of the molecule is C/C(=N/N(c1ccccc1)c1nc(-c2cccc([N+](=O)[O-])c2)cs1)c1ccc(Cl)cc1. The summed E-state index contributed by atoms with van der Waals surface area (Å²) < 4.78 is 0. The number of non-ortho nitro benzene ring substituents is 1. The van der Waals surface area contributed by atoms with Crippen LogP contribution in [-0.4, -0.2) is 15.6 Å². The van der Waals surface area contributed by atoms with E-state index in [-0.39, 0.29) is 5.69 Å². The van der Waals surface area contributed by atoms with E-state index in [1.54, 1.807) is 17.1 Å². The molecule has 0 amide bonds. The molecule has 0 saturated heterocycles. The first-order valence-electron chi connectivity index (χ1n) is 9.38. The van der Waals surface area contributed by atoms with Gasteiger partial charge in [0.15, 0.2) is 0 Å². The molecule has 3 aromatic carbocycles. The number of nitro benzene ring substituents is 1. The Labute approximate surface area is 188 Å². The second-order valence-corrected chi connectivity index (χ2v) is 7.94. The van der Waals surface area contributed by atoms with Gasteiger partial charge in [0, 0.05) is 28.1 Å². The molecular formula is C23H17ClN4O2S. The summed E-state index contributed by atoms with van der Waals surface area (Å²) in [5, 5.41) is 20.9. The highest BCUT2D eigenvalue weighted by Gasteiger charge is 2.16. The molecule has 0 spiro atoms. The summed E-state index contributed by atoms with van der Waals surface area (Å²) in [5.74, 6) is 0. The van der Waals surface area contributed by atoms with Crippen LogP contribution in [0.5, 0.6) is 0 Å². The predicted octanol–water partition coefficient (Wildman–Crippen LogP) is 6.93. The van der Waals surface area contributed by atoms with E-state index in [1.165, 1.54) is 23.5 Å². The molecule has 6 nitrogen and oxygen atoms in total. The Morgan fingerprint density at radius 3 is 2.52 bits per heavy atom. The van der Waals surface area contributed by atoms with E-state index in [9.17, 15) is 10.1 Å². The number of nitrogens with zero attached hydrogens (tertiary/aromatic N) is 4. The molecule has 1 heterocycles. The number of aromatic nitrogens is 1. The predicted molar refractivity (Wildman–Crippen MR) is 126 cm³/mol. The molecule has 0 atom stereocenters. The minimum absolute atomic E-state index is 0.0311. The summed E-state index contributed by atoms with van der Waals surface area (Å²) in [5.41, 5.74) is 3.97. The van der Waals surface area contributed by atoms with Crippen LogP contribution in [0.4, 0.5) is 16.5 Å². The van der Waals surface area contributed by atoms with Crippen molar-refractivity contribution < 1.29 is 4.92 Å². The van der Waals surface area contributed by atoms with Crippen LogP contribution in [0.3, 0.4) is 0 Å². The summed E-state index contributed by atoms with van der Waals surface area (Å²) in [6, 6.07) is 23.6. The molecule has 154 valence electrons. The van der Waals surface area contributed by atoms with Crippen LogP contribution in [0.2, 0.25) is 5.02 Å². The van der Waals surface area contributed by atoms with Gasteiger partial charge in [-0.05, 0) is 36.8 Å². The number of halogens is 1. The average Bonchev–Trinajstić information content (AvgIpc) is 3.28. The topological polar surface area (TPSA) is 71.6 Å². The Bertz CT molecular complexity index is 1240. The van der Waals surface area contributed by atoms with Crippen molar-refractivity contribution in [2.75, 3.05) is 5.01 Å². The zero-order valence-corrected chi connectivity index (χ0v) is 18.0. The number of para-hydroxylation sites is 1. The number of benzene rings is 3. The van der Waals surface area contributed by atoms with Crippen LogP contribution in [-0.2, 0) is 0 Å². The molecule has 0 saturated carbocycles. The third-order valence-corrected chi connectivity index (χ3v) is 5.61. The van der Waals surface area contributed by atoms with Crippen molar-refractivity contribution in [1.29, 1.82) is 0 Å². The highest BCUT2D eigenvalue weighted by Crippen LogP contribution is 2.33. The van der Waals surface area contributed by atoms with E-state index in [2.05, 4.69) is 0 Å². The van der Waals surface area contributed by atoms with Gasteiger partial charge >= 0.3 is 0 Å². The number of nitro groups is 1. The second kappa shape index (κ2) is 9.07. The van der Waals surface area contributed by atoms with Crippen LogP contribution in [0.15, 0.2) is 89.3 Å². The monoisotopic (exact) mass is 448 g/mol. The maximum atomic E-state index is 11.1. The van der Waals surface area contributed by atoms with E-state index in [0.717, 1.165) is 17.0 Å². The molecule has 0 aliphatic heterocycles. The van der Waals surface area contributed by atoms with Crippen LogP contribution in [0.25, 0.3) is 11.3 Å². The molecule has 0 bridgehead atoms. The van der Waals surface area contributed by atoms with Crippen LogP contribution in [0, 0.1) is 10.1 Å². The Balaban J connectivity index is 1.73. The van der Waals surface area contributed by atoms with Crippen molar-refractivity contribution in [2.45, 2.75) is 6.92 Å². The lowest BCUT2D eigenvalue weighted by Crippen LogP contribution is -2.12. The van der Waals surface area contributed by atoms with Gasteiger partial charge in [0.25, 0.3) is 5.69 Å². The van der Waals surface area contributed by atoms with Gasteiger partial charge in [0.05, 0.1) is 22.0 Å². The first kappa shape index (κ1) is 20.7. The van der Waals surface area contributed by atoms with E-state index >= 15 is 0 Å².